The van der Waals surface area contributed by atoms with E-state index < -0.39 is 0 Å². The van der Waals surface area contributed by atoms with E-state index in [2.05, 4.69) is 5.32 Å². The molecule has 0 saturated carbocycles. The second kappa shape index (κ2) is 8.52. The van der Waals surface area contributed by atoms with Crippen LogP contribution in [0.1, 0.15) is 30.0 Å². The maximum atomic E-state index is 13.0. The van der Waals surface area contributed by atoms with Crippen molar-refractivity contribution in [3.63, 3.8) is 0 Å². The maximum Gasteiger partial charge on any atom is 0.223 e. The van der Waals surface area contributed by atoms with Gasteiger partial charge >= 0.3 is 0 Å². The molecule has 0 aliphatic carbocycles. The standard InChI is InChI=1S/C21H24N2O3/c1-26-19-10-6-5-9-17(19)11-12-21(25)23-14-13-22-20(24)15-18(23)16-7-3-2-4-8-16/h2-10,18H,11-15H2,1H3,(H,22,24). The van der Waals surface area contributed by atoms with Crippen LogP contribution >= 0.6 is 0 Å². The van der Waals surface area contributed by atoms with E-state index in [1.54, 1.807) is 7.11 Å². The Morgan fingerprint density at radius 3 is 2.65 bits per heavy atom. The number of aryl methyl sites for hydroxylation is 1. The highest BCUT2D eigenvalue weighted by Gasteiger charge is 2.29. The lowest BCUT2D eigenvalue weighted by molar-refractivity contribution is -0.133. The van der Waals surface area contributed by atoms with Crippen LogP contribution in [0.25, 0.3) is 0 Å². The largest absolute Gasteiger partial charge is 0.496 e. The van der Waals surface area contributed by atoms with E-state index >= 15 is 0 Å². The highest BCUT2D eigenvalue weighted by molar-refractivity contribution is 5.81. The van der Waals surface area contributed by atoms with Crippen molar-refractivity contribution in [1.82, 2.24) is 10.2 Å². The molecule has 5 nitrogen and oxygen atoms in total. The summed E-state index contributed by atoms with van der Waals surface area (Å²) >= 11 is 0. The molecule has 136 valence electrons. The topological polar surface area (TPSA) is 58.6 Å². The molecule has 1 aliphatic heterocycles. The molecule has 0 bridgehead atoms. The fourth-order valence-corrected chi connectivity index (χ4v) is 3.40. The summed E-state index contributed by atoms with van der Waals surface area (Å²) in [6.45, 7) is 1.01. The number of carbonyl (C=O) groups is 2. The predicted octanol–water partition coefficient (Wildman–Crippen LogP) is 2.72. The van der Waals surface area contributed by atoms with E-state index in [4.69, 9.17) is 4.74 Å². The van der Waals surface area contributed by atoms with Crippen molar-refractivity contribution in [2.45, 2.75) is 25.3 Å². The first kappa shape index (κ1) is 18.0. The van der Waals surface area contributed by atoms with Crippen LogP contribution in [0.3, 0.4) is 0 Å². The van der Waals surface area contributed by atoms with Gasteiger partial charge in [0.1, 0.15) is 5.75 Å². The Labute approximate surface area is 154 Å². The highest BCUT2D eigenvalue weighted by Crippen LogP contribution is 2.27. The van der Waals surface area contributed by atoms with E-state index in [9.17, 15) is 9.59 Å². The van der Waals surface area contributed by atoms with Gasteiger partial charge in [0.2, 0.25) is 11.8 Å². The van der Waals surface area contributed by atoms with Crippen molar-refractivity contribution in [1.29, 1.82) is 0 Å². The summed E-state index contributed by atoms with van der Waals surface area (Å²) in [5.41, 5.74) is 2.01. The van der Waals surface area contributed by atoms with Crippen LogP contribution in [-0.4, -0.2) is 36.9 Å². The predicted molar refractivity (Wildman–Crippen MR) is 99.8 cm³/mol. The molecule has 1 atom stereocenters. The summed E-state index contributed by atoms with van der Waals surface area (Å²) in [5.74, 6) is 0.841. The Morgan fingerprint density at radius 2 is 1.88 bits per heavy atom. The van der Waals surface area contributed by atoms with Gasteiger partial charge in [-0.2, -0.15) is 0 Å². The van der Waals surface area contributed by atoms with Gasteiger partial charge in [0.15, 0.2) is 0 Å². The average molecular weight is 352 g/mol. The molecule has 2 amide bonds. The third-order valence-electron chi connectivity index (χ3n) is 4.74. The van der Waals surface area contributed by atoms with E-state index in [1.807, 2.05) is 59.5 Å². The monoisotopic (exact) mass is 352 g/mol. The molecule has 0 aromatic heterocycles. The Balaban J connectivity index is 1.75. The van der Waals surface area contributed by atoms with Crippen molar-refractivity contribution in [2.24, 2.45) is 0 Å². The Kier molecular flexibility index (Phi) is 5.89. The molecular weight excluding hydrogens is 328 g/mol. The SMILES string of the molecule is COc1ccccc1CCC(=O)N1CCNC(=O)CC1c1ccccc1. The molecule has 0 spiro atoms. The molecule has 5 heteroatoms. The lowest BCUT2D eigenvalue weighted by Crippen LogP contribution is -2.36. The van der Waals surface area contributed by atoms with Gasteiger partial charge < -0.3 is 15.0 Å². The first-order valence-corrected chi connectivity index (χ1v) is 8.92. The number of benzene rings is 2. The molecule has 1 unspecified atom stereocenters. The summed E-state index contributed by atoms with van der Waals surface area (Å²) < 4.78 is 5.37. The minimum atomic E-state index is -0.219. The Hall–Kier alpha value is -2.82. The van der Waals surface area contributed by atoms with Gasteiger partial charge in [0, 0.05) is 19.5 Å². The Bertz CT molecular complexity index is 761. The van der Waals surface area contributed by atoms with Gasteiger partial charge in [0.05, 0.1) is 19.6 Å². The number of ether oxygens (including phenoxy) is 1. The summed E-state index contributed by atoms with van der Waals surface area (Å²) in [7, 11) is 1.64. The third-order valence-corrected chi connectivity index (χ3v) is 4.74. The molecule has 1 N–H and O–H groups in total. The number of hydrogen-bond donors (Lipinski definition) is 1. The lowest BCUT2D eigenvalue weighted by Gasteiger charge is -2.29. The number of para-hydroxylation sites is 1. The minimum Gasteiger partial charge on any atom is -0.496 e. The van der Waals surface area contributed by atoms with Crippen LogP contribution < -0.4 is 10.1 Å². The second-order valence-corrected chi connectivity index (χ2v) is 6.38. The van der Waals surface area contributed by atoms with E-state index in [1.165, 1.54) is 0 Å². The first-order chi connectivity index (χ1) is 12.7. The number of hydrogen-bond acceptors (Lipinski definition) is 3. The number of rotatable bonds is 5. The number of amides is 2. The van der Waals surface area contributed by atoms with E-state index in [0.717, 1.165) is 16.9 Å². The van der Waals surface area contributed by atoms with Crippen LogP contribution in [0.2, 0.25) is 0 Å². The molecular formula is C21H24N2O3. The molecule has 1 saturated heterocycles. The average Bonchev–Trinajstić information content (AvgIpc) is 2.88. The number of nitrogens with one attached hydrogen (secondary N) is 1. The van der Waals surface area contributed by atoms with Crippen LogP contribution in [-0.2, 0) is 16.0 Å². The van der Waals surface area contributed by atoms with Gasteiger partial charge in [-0.05, 0) is 23.6 Å². The molecule has 3 rings (SSSR count). The maximum absolute atomic E-state index is 13.0. The number of carbonyl (C=O) groups excluding carboxylic acids is 2. The summed E-state index contributed by atoms with van der Waals surface area (Å²) in [5, 5.41) is 2.87. The van der Waals surface area contributed by atoms with Crippen molar-refractivity contribution < 1.29 is 14.3 Å². The summed E-state index contributed by atoms with van der Waals surface area (Å²) in [6, 6.07) is 17.3. The van der Waals surface area contributed by atoms with Crippen LogP contribution in [0.15, 0.2) is 54.6 Å². The van der Waals surface area contributed by atoms with Crippen LogP contribution in [0, 0.1) is 0 Å². The zero-order valence-corrected chi connectivity index (χ0v) is 15.0. The third kappa shape index (κ3) is 4.23. The fraction of sp³-hybridized carbons (Fsp3) is 0.333. The zero-order valence-electron chi connectivity index (χ0n) is 15.0. The molecule has 2 aromatic rings. The van der Waals surface area contributed by atoms with Crippen LogP contribution in [0.5, 0.6) is 5.75 Å². The fourth-order valence-electron chi connectivity index (χ4n) is 3.40. The number of methoxy groups -OCH3 is 1. The molecule has 0 radical (unpaired) electrons. The molecule has 1 heterocycles. The van der Waals surface area contributed by atoms with Gasteiger partial charge in [-0.25, -0.2) is 0 Å². The summed E-state index contributed by atoms with van der Waals surface area (Å²) in [4.78, 5) is 26.8. The van der Waals surface area contributed by atoms with Gasteiger partial charge in [0.25, 0.3) is 0 Å². The van der Waals surface area contributed by atoms with E-state index in [0.29, 0.717) is 32.4 Å². The van der Waals surface area contributed by atoms with Gasteiger partial charge in [-0.15, -0.1) is 0 Å². The zero-order chi connectivity index (χ0) is 18.4. The Morgan fingerprint density at radius 1 is 1.15 bits per heavy atom. The van der Waals surface area contributed by atoms with Crippen molar-refractivity contribution in [3.8, 4) is 5.75 Å². The number of nitrogens with zero attached hydrogens (tertiary/aromatic N) is 1. The lowest BCUT2D eigenvalue weighted by atomic mass is 10.0. The summed E-state index contributed by atoms with van der Waals surface area (Å²) in [6.07, 6.45) is 1.30. The normalized spacial score (nSPS) is 17.3. The van der Waals surface area contributed by atoms with Crippen molar-refractivity contribution in [3.05, 3.63) is 65.7 Å². The molecule has 2 aromatic carbocycles. The smallest absolute Gasteiger partial charge is 0.223 e. The van der Waals surface area contributed by atoms with Crippen molar-refractivity contribution in [2.75, 3.05) is 20.2 Å². The van der Waals surface area contributed by atoms with Gasteiger partial charge in [-0.1, -0.05) is 48.5 Å². The quantitative estimate of drug-likeness (QED) is 0.900. The first-order valence-electron chi connectivity index (χ1n) is 8.92. The second-order valence-electron chi connectivity index (χ2n) is 6.38. The minimum absolute atomic E-state index is 0.0149. The van der Waals surface area contributed by atoms with Crippen LogP contribution in [0.4, 0.5) is 0 Å². The van der Waals surface area contributed by atoms with Gasteiger partial charge in [-0.3, -0.25) is 9.59 Å². The molecule has 26 heavy (non-hydrogen) atoms. The molecule has 1 aliphatic rings. The highest BCUT2D eigenvalue weighted by atomic mass is 16.5. The molecule has 1 fully saturated rings. The van der Waals surface area contributed by atoms with Crippen molar-refractivity contribution >= 4 is 11.8 Å². The van der Waals surface area contributed by atoms with E-state index in [-0.39, 0.29) is 17.9 Å².